The largest absolute Gasteiger partial charge is 0.449 e. The molecule has 9 nitrogen and oxygen atoms in total. The molecule has 0 saturated heterocycles. The Labute approximate surface area is 159 Å². The molecule has 10 heteroatoms. The Bertz CT molecular complexity index is 833. The number of amides is 3. The number of urea groups is 1. The van der Waals surface area contributed by atoms with Crippen molar-refractivity contribution in [2.75, 3.05) is 14.1 Å². The highest BCUT2D eigenvalue weighted by Crippen LogP contribution is 2.19. The highest BCUT2D eigenvalue weighted by Gasteiger charge is 2.24. The predicted molar refractivity (Wildman–Crippen MR) is 98.7 cm³/mol. The quantitative estimate of drug-likeness (QED) is 0.689. The van der Waals surface area contributed by atoms with E-state index in [9.17, 15) is 22.8 Å². The zero-order valence-electron chi connectivity index (χ0n) is 16.2. The summed E-state index contributed by atoms with van der Waals surface area (Å²) in [5.74, 6) is -1.66. The molecule has 0 aliphatic carbocycles. The molecule has 0 radical (unpaired) electrons. The van der Waals surface area contributed by atoms with Gasteiger partial charge in [-0.05, 0) is 45.4 Å². The van der Waals surface area contributed by atoms with Crippen LogP contribution >= 0.6 is 0 Å². The van der Waals surface area contributed by atoms with Gasteiger partial charge in [-0.1, -0.05) is 6.07 Å². The van der Waals surface area contributed by atoms with Crippen LogP contribution in [0, 0.1) is 6.92 Å². The van der Waals surface area contributed by atoms with Gasteiger partial charge in [-0.2, -0.15) is 0 Å². The fraction of sp³-hybridized carbons (Fsp3) is 0.471. The second-order valence-corrected chi connectivity index (χ2v) is 8.58. The average molecular weight is 399 g/mol. The van der Waals surface area contributed by atoms with Crippen LogP contribution in [0.4, 0.5) is 4.79 Å². The number of nitrogens with zero attached hydrogens (tertiary/aromatic N) is 1. The van der Waals surface area contributed by atoms with E-state index in [1.807, 2.05) is 0 Å². The fourth-order valence-electron chi connectivity index (χ4n) is 1.98. The molecule has 2 N–H and O–H groups in total. The van der Waals surface area contributed by atoms with E-state index >= 15 is 0 Å². The fourth-order valence-corrected chi connectivity index (χ4v) is 2.91. The molecule has 0 unspecified atom stereocenters. The predicted octanol–water partition coefficient (Wildman–Crippen LogP) is 1.02. The summed E-state index contributed by atoms with van der Waals surface area (Å²) in [5, 5.41) is 4.54. The molecule has 27 heavy (non-hydrogen) atoms. The average Bonchev–Trinajstić information content (AvgIpc) is 2.53. The number of imide groups is 1. The molecule has 1 atom stereocenters. The first-order chi connectivity index (χ1) is 12.4. The van der Waals surface area contributed by atoms with Crippen LogP contribution in [0.5, 0.6) is 0 Å². The molecular formula is C17H25N3O6S. The number of ether oxygens (including phenoxy) is 1. The number of esters is 1. The number of carbonyl (C=O) groups excluding carboxylic acids is 3. The first kappa shape index (κ1) is 22.6. The lowest BCUT2D eigenvalue weighted by atomic mass is 10.1. The van der Waals surface area contributed by atoms with Crippen molar-refractivity contribution in [2.24, 2.45) is 0 Å². The Balaban J connectivity index is 2.94. The molecule has 0 saturated carbocycles. The van der Waals surface area contributed by atoms with E-state index in [2.05, 4.69) is 10.6 Å². The third-order valence-electron chi connectivity index (χ3n) is 3.52. The number of aryl methyl sites for hydroxylation is 1. The molecule has 1 aromatic rings. The summed E-state index contributed by atoms with van der Waals surface area (Å²) < 4.78 is 30.5. The Kier molecular flexibility index (Phi) is 7.49. The Hall–Kier alpha value is -2.46. The number of rotatable bonds is 6. The lowest BCUT2D eigenvalue weighted by Gasteiger charge is -2.16. The second kappa shape index (κ2) is 8.96. The van der Waals surface area contributed by atoms with Crippen molar-refractivity contribution in [1.29, 1.82) is 0 Å². The van der Waals surface area contributed by atoms with Gasteiger partial charge in [0.15, 0.2) is 6.10 Å². The van der Waals surface area contributed by atoms with Crippen LogP contribution in [0.25, 0.3) is 0 Å². The van der Waals surface area contributed by atoms with Gasteiger partial charge in [0.1, 0.15) is 0 Å². The van der Waals surface area contributed by atoms with Gasteiger partial charge in [-0.3, -0.25) is 10.1 Å². The van der Waals surface area contributed by atoms with E-state index in [0.29, 0.717) is 5.56 Å². The van der Waals surface area contributed by atoms with Crippen molar-refractivity contribution in [3.63, 3.8) is 0 Å². The highest BCUT2D eigenvalue weighted by atomic mass is 32.2. The van der Waals surface area contributed by atoms with Gasteiger partial charge < -0.3 is 10.1 Å². The van der Waals surface area contributed by atoms with E-state index in [0.717, 1.165) is 4.31 Å². The maximum Gasteiger partial charge on any atom is 0.339 e. The van der Waals surface area contributed by atoms with E-state index in [-0.39, 0.29) is 16.5 Å². The second-order valence-electron chi connectivity index (χ2n) is 6.43. The number of carbonyl (C=O) groups is 3. The molecule has 150 valence electrons. The Morgan fingerprint density at radius 2 is 1.70 bits per heavy atom. The third kappa shape index (κ3) is 6.04. The SMILES string of the molecule is Cc1ccc(S(=O)(=O)N(C)C)cc1C(=O)O[C@@H](C)C(=O)NC(=O)NC(C)C. The lowest BCUT2D eigenvalue weighted by Crippen LogP contribution is -2.46. The summed E-state index contributed by atoms with van der Waals surface area (Å²) >= 11 is 0. The van der Waals surface area contributed by atoms with Crippen molar-refractivity contribution < 1.29 is 27.5 Å². The molecule has 1 aromatic carbocycles. The van der Waals surface area contributed by atoms with Crippen LogP contribution < -0.4 is 10.6 Å². The van der Waals surface area contributed by atoms with Crippen LogP contribution in [-0.4, -0.2) is 56.9 Å². The van der Waals surface area contributed by atoms with Gasteiger partial charge in [0.05, 0.1) is 10.5 Å². The minimum Gasteiger partial charge on any atom is -0.449 e. The Morgan fingerprint density at radius 3 is 2.22 bits per heavy atom. The summed E-state index contributed by atoms with van der Waals surface area (Å²) in [6, 6.07) is 3.19. The maximum absolute atomic E-state index is 12.4. The van der Waals surface area contributed by atoms with E-state index in [1.54, 1.807) is 20.8 Å². The van der Waals surface area contributed by atoms with Crippen molar-refractivity contribution in [1.82, 2.24) is 14.9 Å². The van der Waals surface area contributed by atoms with Gasteiger partial charge in [-0.25, -0.2) is 22.3 Å². The van der Waals surface area contributed by atoms with Gasteiger partial charge in [0, 0.05) is 20.1 Å². The summed E-state index contributed by atoms with van der Waals surface area (Å²) in [5.41, 5.74) is 0.507. The van der Waals surface area contributed by atoms with Crippen molar-refractivity contribution in [3.05, 3.63) is 29.3 Å². The van der Waals surface area contributed by atoms with Crippen LogP contribution in [0.2, 0.25) is 0 Å². The molecule has 3 amide bonds. The number of hydrogen-bond donors (Lipinski definition) is 2. The highest BCUT2D eigenvalue weighted by molar-refractivity contribution is 7.89. The molecule has 0 fully saturated rings. The smallest absolute Gasteiger partial charge is 0.339 e. The van der Waals surface area contributed by atoms with Gasteiger partial charge in [0.25, 0.3) is 5.91 Å². The summed E-state index contributed by atoms with van der Waals surface area (Å²) in [6.07, 6.45) is -1.25. The van der Waals surface area contributed by atoms with Crippen molar-refractivity contribution >= 4 is 27.9 Å². The summed E-state index contributed by atoms with van der Waals surface area (Å²) in [7, 11) is -0.975. The molecule has 0 aliphatic rings. The molecular weight excluding hydrogens is 374 g/mol. The first-order valence-electron chi connectivity index (χ1n) is 8.21. The first-order valence-corrected chi connectivity index (χ1v) is 9.65. The van der Waals surface area contributed by atoms with Crippen LogP contribution in [0.1, 0.15) is 36.7 Å². The number of benzene rings is 1. The molecule has 0 aromatic heterocycles. The van der Waals surface area contributed by atoms with Crippen molar-refractivity contribution in [2.45, 2.75) is 44.7 Å². The standard InChI is InChI=1S/C17H25N3O6S/c1-10(2)18-17(23)19-15(21)12(4)26-16(22)14-9-13(8-7-11(14)3)27(24,25)20(5)6/h7-10,12H,1-6H3,(H2,18,19,21,23)/t12-/m0/s1. The molecule has 1 rings (SSSR count). The zero-order chi connectivity index (χ0) is 20.9. The van der Waals surface area contributed by atoms with E-state index in [4.69, 9.17) is 4.74 Å². The number of hydrogen-bond acceptors (Lipinski definition) is 6. The van der Waals surface area contributed by atoms with Gasteiger partial charge in [-0.15, -0.1) is 0 Å². The number of nitrogens with one attached hydrogen (secondary N) is 2. The third-order valence-corrected chi connectivity index (χ3v) is 5.33. The monoisotopic (exact) mass is 399 g/mol. The topological polar surface area (TPSA) is 122 Å². The van der Waals surface area contributed by atoms with Gasteiger partial charge in [0.2, 0.25) is 10.0 Å². The van der Waals surface area contributed by atoms with Crippen LogP contribution in [0.15, 0.2) is 23.1 Å². The van der Waals surface area contributed by atoms with Gasteiger partial charge >= 0.3 is 12.0 Å². The molecule has 0 spiro atoms. The summed E-state index contributed by atoms with van der Waals surface area (Å²) in [4.78, 5) is 35.8. The minimum absolute atomic E-state index is 0.0178. The zero-order valence-corrected chi connectivity index (χ0v) is 17.0. The molecule has 0 heterocycles. The molecule has 0 bridgehead atoms. The summed E-state index contributed by atoms with van der Waals surface area (Å²) in [6.45, 7) is 6.38. The lowest BCUT2D eigenvalue weighted by molar-refractivity contribution is -0.127. The van der Waals surface area contributed by atoms with E-state index in [1.165, 1.54) is 39.2 Å². The minimum atomic E-state index is -3.73. The van der Waals surface area contributed by atoms with Crippen molar-refractivity contribution in [3.8, 4) is 0 Å². The number of sulfonamides is 1. The van der Waals surface area contributed by atoms with Crippen LogP contribution in [-0.2, 0) is 19.6 Å². The Morgan fingerprint density at radius 1 is 1.11 bits per heavy atom. The maximum atomic E-state index is 12.4. The molecule has 0 aliphatic heterocycles. The normalized spacial score (nSPS) is 12.6. The van der Waals surface area contributed by atoms with E-state index < -0.39 is 34.0 Å². The van der Waals surface area contributed by atoms with Crippen LogP contribution in [0.3, 0.4) is 0 Å².